The first kappa shape index (κ1) is 15.6. The first-order chi connectivity index (χ1) is 10.1. The first-order valence-corrected chi connectivity index (χ1v) is 7.41. The number of aromatic nitrogens is 1. The highest BCUT2D eigenvalue weighted by Crippen LogP contribution is 2.15. The molecule has 0 bridgehead atoms. The van der Waals surface area contributed by atoms with Crippen molar-refractivity contribution < 1.29 is 13.9 Å². The molecule has 0 fully saturated rings. The lowest BCUT2D eigenvalue weighted by molar-refractivity contribution is 0.0938. The van der Waals surface area contributed by atoms with E-state index in [2.05, 4.69) is 21.2 Å². The summed E-state index contributed by atoms with van der Waals surface area (Å²) in [5.74, 6) is 0.122. The van der Waals surface area contributed by atoms with Crippen LogP contribution in [0, 0.1) is 5.82 Å². The lowest BCUT2D eigenvalue weighted by Gasteiger charge is -2.09. The third-order valence-corrected chi connectivity index (χ3v) is 3.34. The van der Waals surface area contributed by atoms with Crippen LogP contribution in [0.15, 0.2) is 41.0 Å². The van der Waals surface area contributed by atoms with E-state index in [9.17, 15) is 9.18 Å². The number of ether oxygens (including phenoxy) is 1. The topological polar surface area (TPSA) is 43.3 Å². The highest BCUT2D eigenvalue weighted by atomic mass is 79.9. The van der Waals surface area contributed by atoms with Crippen molar-refractivity contribution >= 4 is 21.8 Å². The number of nitrogens with one attached hydrogen (secondary N) is 1. The predicted octanol–water partition coefficient (Wildman–Crippen LogP) is 3.22. The predicted molar refractivity (Wildman–Crippen MR) is 82.0 cm³/mol. The quantitative estimate of drug-likeness (QED) is 0.809. The maximum atomic E-state index is 12.7. The molecule has 1 N–H and O–H groups in total. The van der Waals surface area contributed by atoms with Crippen LogP contribution in [0.3, 0.4) is 0 Å². The lowest BCUT2D eigenvalue weighted by atomic mass is 10.3. The van der Waals surface area contributed by atoms with Gasteiger partial charge in [0.15, 0.2) is 0 Å². The largest absolute Gasteiger partial charge is 0.492 e. The van der Waals surface area contributed by atoms with Crippen LogP contribution in [-0.4, -0.2) is 23.6 Å². The second-order valence-electron chi connectivity index (χ2n) is 4.39. The number of aryl methyl sites for hydroxylation is 1. The summed E-state index contributed by atoms with van der Waals surface area (Å²) in [7, 11) is 0. The van der Waals surface area contributed by atoms with Crippen LogP contribution < -0.4 is 10.1 Å². The van der Waals surface area contributed by atoms with E-state index in [1.165, 1.54) is 12.1 Å². The summed E-state index contributed by atoms with van der Waals surface area (Å²) in [5.41, 5.74) is 0.603. The monoisotopic (exact) mass is 354 g/mol. The zero-order valence-corrected chi connectivity index (χ0v) is 13.2. The van der Waals surface area contributed by atoms with Crippen LogP contribution in [0.25, 0.3) is 0 Å². The van der Waals surface area contributed by atoms with Gasteiger partial charge in [-0.3, -0.25) is 4.79 Å². The van der Waals surface area contributed by atoms with Gasteiger partial charge in [-0.2, -0.15) is 0 Å². The molecular formula is C15H16BrFN2O2. The molecule has 0 unspecified atom stereocenters. The molecule has 4 nitrogen and oxygen atoms in total. The number of benzene rings is 1. The van der Waals surface area contributed by atoms with Crippen LogP contribution in [0.2, 0.25) is 0 Å². The lowest BCUT2D eigenvalue weighted by Crippen LogP contribution is -2.29. The zero-order chi connectivity index (χ0) is 15.2. The van der Waals surface area contributed by atoms with E-state index >= 15 is 0 Å². The van der Waals surface area contributed by atoms with Crippen molar-refractivity contribution in [1.29, 1.82) is 0 Å². The van der Waals surface area contributed by atoms with Gasteiger partial charge in [0, 0.05) is 17.2 Å². The Kier molecular flexibility index (Phi) is 5.38. The number of hydrogen-bond donors (Lipinski definition) is 1. The zero-order valence-electron chi connectivity index (χ0n) is 11.6. The van der Waals surface area contributed by atoms with E-state index in [1.807, 2.05) is 17.7 Å². The number of carbonyl (C=O) groups is 1. The SMILES string of the molecule is CCn1cc(Br)cc1C(=O)NCCOc1ccc(F)cc1. The molecule has 1 aromatic carbocycles. The molecule has 1 aromatic heterocycles. The maximum Gasteiger partial charge on any atom is 0.268 e. The normalized spacial score (nSPS) is 10.4. The van der Waals surface area contributed by atoms with Gasteiger partial charge in [-0.15, -0.1) is 0 Å². The van der Waals surface area contributed by atoms with Gasteiger partial charge in [-0.25, -0.2) is 4.39 Å². The van der Waals surface area contributed by atoms with Crippen LogP contribution in [-0.2, 0) is 6.54 Å². The fourth-order valence-corrected chi connectivity index (χ4v) is 2.35. The molecule has 0 radical (unpaired) electrons. The van der Waals surface area contributed by atoms with Crippen LogP contribution >= 0.6 is 15.9 Å². The summed E-state index contributed by atoms with van der Waals surface area (Å²) in [6.07, 6.45) is 1.87. The summed E-state index contributed by atoms with van der Waals surface area (Å²) in [5, 5.41) is 2.79. The second-order valence-corrected chi connectivity index (χ2v) is 5.30. The highest BCUT2D eigenvalue weighted by molar-refractivity contribution is 9.10. The molecule has 1 heterocycles. The summed E-state index contributed by atoms with van der Waals surface area (Å²) >= 11 is 3.35. The third kappa shape index (κ3) is 4.32. The van der Waals surface area contributed by atoms with Crippen LogP contribution in [0.1, 0.15) is 17.4 Å². The van der Waals surface area contributed by atoms with E-state index in [1.54, 1.807) is 18.2 Å². The Morgan fingerprint density at radius 1 is 1.38 bits per heavy atom. The first-order valence-electron chi connectivity index (χ1n) is 6.62. The van der Waals surface area contributed by atoms with Gasteiger partial charge in [0.2, 0.25) is 0 Å². The molecule has 112 valence electrons. The molecule has 0 spiro atoms. The number of hydrogen-bond acceptors (Lipinski definition) is 2. The van der Waals surface area contributed by atoms with Crippen LogP contribution in [0.5, 0.6) is 5.75 Å². The Bertz CT molecular complexity index is 611. The minimum absolute atomic E-state index is 0.148. The van der Waals surface area contributed by atoms with Crippen molar-refractivity contribution in [3.63, 3.8) is 0 Å². The van der Waals surface area contributed by atoms with Crippen molar-refractivity contribution in [3.8, 4) is 5.75 Å². The average molecular weight is 355 g/mol. The number of halogens is 2. The molecule has 0 saturated heterocycles. The van der Waals surface area contributed by atoms with E-state index in [0.29, 0.717) is 24.6 Å². The third-order valence-electron chi connectivity index (χ3n) is 2.91. The van der Waals surface area contributed by atoms with E-state index in [-0.39, 0.29) is 11.7 Å². The van der Waals surface area contributed by atoms with E-state index in [0.717, 1.165) is 11.0 Å². The van der Waals surface area contributed by atoms with Crippen molar-refractivity contribution in [2.75, 3.05) is 13.2 Å². The Balaban J connectivity index is 1.80. The number of rotatable bonds is 6. The van der Waals surface area contributed by atoms with Gasteiger partial charge in [-0.05, 0) is 53.2 Å². The molecule has 21 heavy (non-hydrogen) atoms. The minimum Gasteiger partial charge on any atom is -0.492 e. The number of amides is 1. The molecule has 0 saturated carbocycles. The van der Waals surface area contributed by atoms with Crippen molar-refractivity contribution in [1.82, 2.24) is 9.88 Å². The van der Waals surface area contributed by atoms with Crippen molar-refractivity contribution in [2.24, 2.45) is 0 Å². The van der Waals surface area contributed by atoms with E-state index < -0.39 is 0 Å². The molecular weight excluding hydrogens is 339 g/mol. The Morgan fingerprint density at radius 3 is 2.76 bits per heavy atom. The highest BCUT2D eigenvalue weighted by Gasteiger charge is 2.11. The van der Waals surface area contributed by atoms with Crippen LogP contribution in [0.4, 0.5) is 4.39 Å². The fraction of sp³-hybridized carbons (Fsp3) is 0.267. The molecule has 0 aliphatic carbocycles. The fourth-order valence-electron chi connectivity index (χ4n) is 1.88. The van der Waals surface area contributed by atoms with E-state index in [4.69, 9.17) is 4.74 Å². The molecule has 0 atom stereocenters. The van der Waals surface area contributed by atoms with Gasteiger partial charge in [0.05, 0.1) is 6.54 Å². The van der Waals surface area contributed by atoms with Gasteiger partial charge < -0.3 is 14.6 Å². The summed E-state index contributed by atoms with van der Waals surface area (Å²) in [4.78, 5) is 12.0. The molecule has 1 amide bonds. The summed E-state index contributed by atoms with van der Waals surface area (Å²) < 4.78 is 20.9. The van der Waals surface area contributed by atoms with Crippen molar-refractivity contribution in [2.45, 2.75) is 13.5 Å². The van der Waals surface area contributed by atoms with Gasteiger partial charge in [0.1, 0.15) is 23.9 Å². The Labute approximate surface area is 131 Å². The number of nitrogens with zero attached hydrogens (tertiary/aromatic N) is 1. The second kappa shape index (κ2) is 7.26. The summed E-state index contributed by atoms with van der Waals surface area (Å²) in [6, 6.07) is 7.55. The molecule has 0 aliphatic rings. The molecule has 2 rings (SSSR count). The standard InChI is InChI=1S/C15H16BrFN2O2/c1-2-19-10-11(16)9-14(19)15(20)18-7-8-21-13-5-3-12(17)4-6-13/h3-6,9-10H,2,7-8H2,1H3,(H,18,20). The summed E-state index contributed by atoms with van der Waals surface area (Å²) in [6.45, 7) is 3.40. The van der Waals surface area contributed by atoms with Gasteiger partial charge >= 0.3 is 0 Å². The molecule has 2 aromatic rings. The molecule has 6 heteroatoms. The average Bonchev–Trinajstić information content (AvgIpc) is 2.86. The smallest absolute Gasteiger partial charge is 0.268 e. The Morgan fingerprint density at radius 2 is 2.10 bits per heavy atom. The maximum absolute atomic E-state index is 12.7. The van der Waals surface area contributed by atoms with Gasteiger partial charge in [0.25, 0.3) is 5.91 Å². The van der Waals surface area contributed by atoms with Gasteiger partial charge in [-0.1, -0.05) is 0 Å². The molecule has 0 aliphatic heterocycles. The minimum atomic E-state index is -0.304. The van der Waals surface area contributed by atoms with Crippen molar-refractivity contribution in [3.05, 3.63) is 52.5 Å². The Hall–Kier alpha value is -1.82. The number of carbonyl (C=O) groups excluding carboxylic acids is 1.